The maximum absolute atomic E-state index is 13.4. The van der Waals surface area contributed by atoms with Gasteiger partial charge in [-0.25, -0.2) is 9.96 Å². The van der Waals surface area contributed by atoms with Gasteiger partial charge in [-0.1, -0.05) is 35.9 Å². The first kappa shape index (κ1) is 18.4. The molecule has 3 heterocycles. The monoisotopic (exact) mass is 424 g/mol. The molecule has 2 saturated heterocycles. The molecule has 0 bridgehead atoms. The van der Waals surface area contributed by atoms with Crippen LogP contribution in [0.4, 0.5) is 11.4 Å². The van der Waals surface area contributed by atoms with E-state index < -0.39 is 12.0 Å². The van der Waals surface area contributed by atoms with E-state index >= 15 is 0 Å². The molecule has 5 rings (SSSR count). The molecule has 0 saturated carbocycles. The largest absolute Gasteiger partial charge is 0.273 e. The number of hydrogen-bond acceptors (Lipinski definition) is 5. The maximum Gasteiger partial charge on any atom is 0.266 e. The highest BCUT2D eigenvalue weighted by Gasteiger charge is 2.60. The van der Waals surface area contributed by atoms with Crippen LogP contribution in [0.5, 0.6) is 0 Å². The minimum atomic E-state index is -0.857. The highest BCUT2D eigenvalue weighted by molar-refractivity contribution is 7.10. The lowest BCUT2D eigenvalue weighted by Gasteiger charge is -2.28. The number of anilines is 2. The minimum absolute atomic E-state index is 0.253. The van der Waals surface area contributed by atoms with Crippen molar-refractivity contribution in [2.24, 2.45) is 5.92 Å². The molecule has 2 aliphatic heterocycles. The van der Waals surface area contributed by atoms with Crippen LogP contribution in [-0.2, 0) is 14.4 Å². The summed E-state index contributed by atoms with van der Waals surface area (Å²) in [6.07, 6.45) is -0.857. The smallest absolute Gasteiger partial charge is 0.266 e. The molecule has 3 atom stereocenters. The second-order valence-corrected chi connectivity index (χ2v) is 8.53. The van der Waals surface area contributed by atoms with E-state index in [4.69, 9.17) is 16.4 Å². The lowest BCUT2D eigenvalue weighted by Crippen LogP contribution is -2.37. The average Bonchev–Trinajstić information content (AvgIpc) is 3.41. The van der Waals surface area contributed by atoms with Crippen molar-refractivity contribution in [3.63, 3.8) is 0 Å². The predicted molar refractivity (Wildman–Crippen MR) is 113 cm³/mol. The van der Waals surface area contributed by atoms with Crippen LogP contribution in [0.25, 0.3) is 0 Å². The third-order valence-electron chi connectivity index (χ3n) is 5.39. The molecular formula is C22H17ClN2O3S. The molecule has 0 spiro atoms. The van der Waals surface area contributed by atoms with Crippen molar-refractivity contribution in [1.82, 2.24) is 0 Å². The molecule has 7 heteroatoms. The van der Waals surface area contributed by atoms with Crippen LogP contribution in [0.2, 0.25) is 5.02 Å². The van der Waals surface area contributed by atoms with E-state index in [2.05, 4.69) is 0 Å². The topological polar surface area (TPSA) is 49.9 Å². The Kier molecular flexibility index (Phi) is 4.42. The van der Waals surface area contributed by atoms with Gasteiger partial charge in [-0.15, -0.1) is 11.3 Å². The molecule has 2 aromatic carbocycles. The van der Waals surface area contributed by atoms with Crippen molar-refractivity contribution < 1.29 is 14.4 Å². The molecular weight excluding hydrogens is 408 g/mol. The van der Waals surface area contributed by atoms with Crippen LogP contribution >= 0.6 is 22.9 Å². The molecule has 29 heavy (non-hydrogen) atoms. The quantitative estimate of drug-likeness (QED) is 0.569. The SMILES string of the molecule is Cc1ccccc1N1O[C@@H]2C(=O)N(c3ccc(Cl)cc3)C(=O)[C@@H]2[C@H]1c1cccs1. The van der Waals surface area contributed by atoms with Gasteiger partial charge in [0.15, 0.2) is 6.10 Å². The Hall–Kier alpha value is -2.67. The van der Waals surface area contributed by atoms with Crippen LogP contribution in [0, 0.1) is 12.8 Å². The van der Waals surface area contributed by atoms with Gasteiger partial charge >= 0.3 is 0 Å². The molecule has 0 N–H and O–H groups in total. The van der Waals surface area contributed by atoms with E-state index in [0.29, 0.717) is 10.7 Å². The number of carbonyl (C=O) groups excluding carboxylic acids is 2. The Bertz CT molecular complexity index is 1080. The first-order valence-corrected chi connectivity index (χ1v) is 10.5. The van der Waals surface area contributed by atoms with E-state index in [0.717, 1.165) is 16.1 Å². The predicted octanol–water partition coefficient (Wildman–Crippen LogP) is 4.76. The van der Waals surface area contributed by atoms with Crippen LogP contribution < -0.4 is 9.96 Å². The molecule has 0 radical (unpaired) electrons. The third-order valence-corrected chi connectivity index (χ3v) is 6.58. The zero-order chi connectivity index (χ0) is 20.1. The Morgan fingerprint density at radius 2 is 1.72 bits per heavy atom. The standard InChI is InChI=1S/C22H17ClN2O3S/c1-13-5-2-3-6-16(13)25-19(17-7-4-12-29-17)18-20(28-25)22(27)24(21(18)26)15-10-8-14(23)9-11-15/h2-12,18-20H,1H3/t18-,19-,20+/m1/s1. The minimum Gasteiger partial charge on any atom is -0.273 e. The average molecular weight is 425 g/mol. The highest BCUT2D eigenvalue weighted by Crippen LogP contribution is 2.49. The van der Waals surface area contributed by atoms with E-state index in [9.17, 15) is 9.59 Å². The fourth-order valence-corrected chi connectivity index (χ4v) is 5.01. The van der Waals surface area contributed by atoms with Crippen molar-refractivity contribution in [2.45, 2.75) is 19.1 Å². The fraction of sp³-hybridized carbons (Fsp3) is 0.182. The van der Waals surface area contributed by atoms with E-state index in [1.165, 1.54) is 4.90 Å². The molecule has 2 amide bonds. The summed E-state index contributed by atoms with van der Waals surface area (Å²) in [4.78, 5) is 35.0. The summed E-state index contributed by atoms with van der Waals surface area (Å²) < 4.78 is 0. The van der Waals surface area contributed by atoms with Crippen molar-refractivity contribution in [1.29, 1.82) is 0 Å². The molecule has 146 valence electrons. The fourth-order valence-electron chi connectivity index (χ4n) is 4.03. The molecule has 2 fully saturated rings. The zero-order valence-corrected chi connectivity index (χ0v) is 17.1. The molecule has 1 aromatic heterocycles. The second kappa shape index (κ2) is 6.99. The van der Waals surface area contributed by atoms with E-state index in [1.54, 1.807) is 40.7 Å². The van der Waals surface area contributed by atoms with Crippen LogP contribution in [0.15, 0.2) is 66.0 Å². The van der Waals surface area contributed by atoms with E-state index in [-0.39, 0.29) is 17.9 Å². The number of rotatable bonds is 3. The Morgan fingerprint density at radius 3 is 2.41 bits per heavy atom. The normalized spacial score (nSPS) is 23.7. The van der Waals surface area contributed by atoms with Crippen LogP contribution in [0.1, 0.15) is 16.5 Å². The van der Waals surface area contributed by atoms with E-state index in [1.807, 2.05) is 48.7 Å². The van der Waals surface area contributed by atoms with Gasteiger partial charge in [-0.05, 0) is 54.3 Å². The van der Waals surface area contributed by atoms with Crippen molar-refractivity contribution in [2.75, 3.05) is 9.96 Å². The molecule has 0 aliphatic carbocycles. The summed E-state index contributed by atoms with van der Waals surface area (Å²) in [5.74, 6) is -1.21. The number of hydroxylamine groups is 1. The van der Waals surface area contributed by atoms with Gasteiger partial charge in [0.05, 0.1) is 11.4 Å². The van der Waals surface area contributed by atoms with Gasteiger partial charge in [-0.3, -0.25) is 14.4 Å². The molecule has 2 aliphatic rings. The van der Waals surface area contributed by atoms with Crippen LogP contribution in [0.3, 0.4) is 0 Å². The lowest BCUT2D eigenvalue weighted by atomic mass is 9.95. The number of fused-ring (bicyclic) bond motifs is 1. The Balaban J connectivity index is 1.58. The van der Waals surface area contributed by atoms with Gasteiger partial charge in [0, 0.05) is 9.90 Å². The van der Waals surface area contributed by atoms with Gasteiger partial charge in [0.25, 0.3) is 5.91 Å². The summed E-state index contributed by atoms with van der Waals surface area (Å²) in [7, 11) is 0. The molecule has 3 aromatic rings. The number of amides is 2. The number of hydrogen-bond donors (Lipinski definition) is 0. The molecule has 0 unspecified atom stereocenters. The number of halogens is 1. The summed E-state index contributed by atoms with van der Waals surface area (Å²) >= 11 is 7.52. The summed E-state index contributed by atoms with van der Waals surface area (Å²) in [6, 6.07) is 18.1. The number of para-hydroxylation sites is 1. The van der Waals surface area contributed by atoms with Crippen molar-refractivity contribution >= 4 is 46.1 Å². The number of benzene rings is 2. The third kappa shape index (κ3) is 2.87. The number of aryl methyl sites for hydroxylation is 1. The maximum atomic E-state index is 13.4. The van der Waals surface area contributed by atoms with Gasteiger partial charge in [0.2, 0.25) is 5.91 Å². The van der Waals surface area contributed by atoms with Gasteiger partial charge in [-0.2, -0.15) is 0 Å². The number of imide groups is 1. The Labute approximate surface area is 177 Å². The molecule has 5 nitrogen and oxygen atoms in total. The Morgan fingerprint density at radius 1 is 0.966 bits per heavy atom. The summed E-state index contributed by atoms with van der Waals surface area (Å²) in [6.45, 7) is 1.99. The van der Waals surface area contributed by atoms with Gasteiger partial charge in [0.1, 0.15) is 12.0 Å². The first-order valence-electron chi connectivity index (χ1n) is 9.24. The summed E-state index contributed by atoms with van der Waals surface area (Å²) in [5.41, 5.74) is 2.39. The number of nitrogens with zero attached hydrogens (tertiary/aromatic N) is 2. The highest BCUT2D eigenvalue weighted by atomic mass is 35.5. The number of carbonyl (C=O) groups is 2. The second-order valence-electron chi connectivity index (χ2n) is 7.11. The van der Waals surface area contributed by atoms with Gasteiger partial charge < -0.3 is 0 Å². The lowest BCUT2D eigenvalue weighted by molar-refractivity contribution is -0.126. The van der Waals surface area contributed by atoms with Crippen LogP contribution in [-0.4, -0.2) is 17.9 Å². The number of thiophene rings is 1. The first-order chi connectivity index (χ1) is 14.1. The zero-order valence-electron chi connectivity index (χ0n) is 15.5. The van der Waals surface area contributed by atoms with Crippen molar-refractivity contribution in [3.05, 3.63) is 81.5 Å². The summed E-state index contributed by atoms with van der Waals surface area (Å²) in [5, 5.41) is 4.26. The van der Waals surface area contributed by atoms with Crippen molar-refractivity contribution in [3.8, 4) is 0 Å².